The Kier molecular flexibility index (Phi) is 2.71. The number of nitrogens with two attached hydrogens (primary N) is 1. The fourth-order valence-corrected chi connectivity index (χ4v) is 3.07. The first-order valence-corrected chi connectivity index (χ1v) is 6.54. The molecule has 3 nitrogen and oxygen atoms in total. The summed E-state index contributed by atoms with van der Waals surface area (Å²) in [4.78, 5) is 4.37. The summed E-state index contributed by atoms with van der Waals surface area (Å²) in [7, 11) is 0. The molecule has 3 rings (SSSR count). The van der Waals surface area contributed by atoms with Crippen molar-refractivity contribution in [3.63, 3.8) is 0 Å². The van der Waals surface area contributed by atoms with Crippen molar-refractivity contribution in [1.82, 2.24) is 9.55 Å². The van der Waals surface area contributed by atoms with E-state index in [9.17, 15) is 0 Å². The molecule has 17 heavy (non-hydrogen) atoms. The summed E-state index contributed by atoms with van der Waals surface area (Å²) in [5.41, 5.74) is 7.87. The predicted octanol–water partition coefficient (Wildman–Crippen LogP) is 3.46. The van der Waals surface area contributed by atoms with Crippen LogP contribution in [-0.2, 0) is 6.54 Å². The topological polar surface area (TPSA) is 43.8 Å². The quantitative estimate of drug-likeness (QED) is 0.886. The van der Waals surface area contributed by atoms with Crippen molar-refractivity contribution < 1.29 is 0 Å². The van der Waals surface area contributed by atoms with Crippen LogP contribution in [0.25, 0.3) is 11.0 Å². The van der Waals surface area contributed by atoms with Crippen LogP contribution in [0.3, 0.4) is 0 Å². The molecule has 1 aromatic carbocycles. The maximum absolute atomic E-state index is 6.24. The lowest BCUT2D eigenvalue weighted by Crippen LogP contribution is -2.10. The smallest absolute Gasteiger partial charge is 0.201 e. The molecule has 0 unspecified atom stereocenters. The number of aromatic nitrogens is 2. The number of fused-ring (bicyclic) bond motifs is 1. The van der Waals surface area contributed by atoms with Crippen molar-refractivity contribution in [2.75, 3.05) is 5.73 Å². The van der Waals surface area contributed by atoms with E-state index in [2.05, 4.69) is 9.55 Å². The molecule has 1 saturated carbocycles. The average molecular weight is 250 g/mol. The largest absolute Gasteiger partial charge is 0.369 e. The molecule has 90 valence electrons. The molecule has 0 spiro atoms. The minimum atomic E-state index is 0.583. The highest BCUT2D eigenvalue weighted by atomic mass is 35.5. The van der Waals surface area contributed by atoms with Gasteiger partial charge in [-0.2, -0.15) is 0 Å². The summed E-state index contributed by atoms with van der Waals surface area (Å²) in [5.74, 6) is 1.31. The molecule has 1 aliphatic rings. The fraction of sp³-hybridized carbons (Fsp3) is 0.462. The maximum Gasteiger partial charge on any atom is 0.201 e. The Labute approximate surface area is 106 Å². The van der Waals surface area contributed by atoms with Gasteiger partial charge in [0, 0.05) is 6.54 Å². The molecule has 2 N–H and O–H groups in total. The first-order chi connectivity index (χ1) is 8.25. The standard InChI is InChI=1S/C13H16ClN3/c14-10-6-3-7-11-12(10)17(13(15)16-11)8-9-4-1-2-5-9/h3,6-7,9H,1-2,4-5,8H2,(H2,15,16). The van der Waals surface area contributed by atoms with Gasteiger partial charge in [-0.3, -0.25) is 0 Å². The highest BCUT2D eigenvalue weighted by molar-refractivity contribution is 6.35. The van der Waals surface area contributed by atoms with Crippen LogP contribution >= 0.6 is 11.6 Å². The molecule has 0 saturated heterocycles. The third kappa shape index (κ3) is 1.89. The second-order valence-corrected chi connectivity index (χ2v) is 5.25. The van der Waals surface area contributed by atoms with Gasteiger partial charge in [-0.05, 0) is 30.9 Å². The number of nitrogen functional groups attached to an aromatic ring is 1. The third-order valence-electron chi connectivity index (χ3n) is 3.66. The van der Waals surface area contributed by atoms with Crippen LogP contribution < -0.4 is 5.73 Å². The number of hydrogen-bond acceptors (Lipinski definition) is 2. The molecule has 0 bridgehead atoms. The van der Waals surface area contributed by atoms with Gasteiger partial charge in [0.05, 0.1) is 16.1 Å². The minimum absolute atomic E-state index is 0.583. The Hall–Kier alpha value is -1.22. The number of benzene rings is 1. The molecule has 1 fully saturated rings. The van der Waals surface area contributed by atoms with Crippen LogP contribution in [0.2, 0.25) is 5.02 Å². The van der Waals surface area contributed by atoms with E-state index >= 15 is 0 Å². The second-order valence-electron chi connectivity index (χ2n) is 4.84. The van der Waals surface area contributed by atoms with E-state index in [-0.39, 0.29) is 0 Å². The maximum atomic E-state index is 6.24. The van der Waals surface area contributed by atoms with Crippen molar-refractivity contribution in [3.05, 3.63) is 23.2 Å². The van der Waals surface area contributed by atoms with Crippen LogP contribution in [0.15, 0.2) is 18.2 Å². The summed E-state index contributed by atoms with van der Waals surface area (Å²) in [6.07, 6.45) is 5.27. The van der Waals surface area contributed by atoms with E-state index in [0.29, 0.717) is 5.95 Å². The molecular weight excluding hydrogens is 234 g/mol. The Morgan fingerprint density at radius 2 is 2.12 bits per heavy atom. The van der Waals surface area contributed by atoms with Crippen LogP contribution in [0.5, 0.6) is 0 Å². The Morgan fingerprint density at radius 1 is 1.35 bits per heavy atom. The first kappa shape index (κ1) is 10.9. The Morgan fingerprint density at radius 3 is 2.88 bits per heavy atom. The molecule has 0 aliphatic heterocycles. The van der Waals surface area contributed by atoms with Crippen molar-refractivity contribution in [1.29, 1.82) is 0 Å². The van der Waals surface area contributed by atoms with E-state index in [1.54, 1.807) is 0 Å². The third-order valence-corrected chi connectivity index (χ3v) is 3.97. The summed E-state index contributed by atoms with van der Waals surface area (Å²) < 4.78 is 2.08. The summed E-state index contributed by atoms with van der Waals surface area (Å²) in [5, 5.41) is 0.740. The number of anilines is 1. The molecule has 1 aliphatic carbocycles. The second kappa shape index (κ2) is 4.22. The van der Waals surface area contributed by atoms with E-state index < -0.39 is 0 Å². The van der Waals surface area contributed by atoms with E-state index in [0.717, 1.165) is 28.5 Å². The van der Waals surface area contributed by atoms with Gasteiger partial charge in [-0.1, -0.05) is 30.5 Å². The monoisotopic (exact) mass is 249 g/mol. The van der Waals surface area contributed by atoms with Crippen molar-refractivity contribution in [3.8, 4) is 0 Å². The summed E-state index contributed by atoms with van der Waals surface area (Å²) >= 11 is 6.24. The number of halogens is 1. The van der Waals surface area contributed by atoms with Crippen LogP contribution in [0.1, 0.15) is 25.7 Å². The molecular formula is C13H16ClN3. The molecule has 0 atom stereocenters. The van der Waals surface area contributed by atoms with Gasteiger partial charge >= 0.3 is 0 Å². The van der Waals surface area contributed by atoms with Crippen molar-refractivity contribution in [2.24, 2.45) is 5.92 Å². The van der Waals surface area contributed by atoms with Gasteiger partial charge in [0.1, 0.15) is 0 Å². The lowest BCUT2D eigenvalue weighted by atomic mass is 10.1. The van der Waals surface area contributed by atoms with Gasteiger partial charge < -0.3 is 10.3 Å². The SMILES string of the molecule is Nc1nc2cccc(Cl)c2n1CC1CCCC1. The lowest BCUT2D eigenvalue weighted by molar-refractivity contribution is 0.468. The van der Waals surface area contributed by atoms with E-state index in [1.165, 1.54) is 25.7 Å². The zero-order chi connectivity index (χ0) is 11.8. The van der Waals surface area contributed by atoms with Gasteiger partial charge in [0.2, 0.25) is 5.95 Å². The Balaban J connectivity index is 2.04. The molecule has 1 heterocycles. The minimum Gasteiger partial charge on any atom is -0.369 e. The number of rotatable bonds is 2. The van der Waals surface area contributed by atoms with Crippen LogP contribution in [0, 0.1) is 5.92 Å². The van der Waals surface area contributed by atoms with E-state index in [4.69, 9.17) is 17.3 Å². The normalized spacial score (nSPS) is 17.0. The molecule has 4 heteroatoms. The lowest BCUT2D eigenvalue weighted by Gasteiger charge is -2.12. The number of hydrogen-bond donors (Lipinski definition) is 1. The van der Waals surface area contributed by atoms with Gasteiger partial charge in [0.15, 0.2) is 0 Å². The average Bonchev–Trinajstić information content (AvgIpc) is 2.89. The predicted molar refractivity (Wildman–Crippen MR) is 71.1 cm³/mol. The molecule has 1 aromatic heterocycles. The number of imidazole rings is 1. The first-order valence-electron chi connectivity index (χ1n) is 6.16. The van der Waals surface area contributed by atoms with Gasteiger partial charge in [-0.25, -0.2) is 4.98 Å². The summed E-state index contributed by atoms with van der Waals surface area (Å²) in [6.45, 7) is 0.950. The van der Waals surface area contributed by atoms with Crippen molar-refractivity contribution >= 4 is 28.6 Å². The summed E-state index contributed by atoms with van der Waals surface area (Å²) in [6, 6.07) is 5.77. The van der Waals surface area contributed by atoms with Gasteiger partial charge in [-0.15, -0.1) is 0 Å². The van der Waals surface area contributed by atoms with Gasteiger partial charge in [0.25, 0.3) is 0 Å². The van der Waals surface area contributed by atoms with Crippen molar-refractivity contribution in [2.45, 2.75) is 32.2 Å². The number of nitrogens with zero attached hydrogens (tertiary/aromatic N) is 2. The number of para-hydroxylation sites is 1. The molecule has 0 amide bonds. The molecule has 0 radical (unpaired) electrons. The Bertz CT molecular complexity index is 541. The molecule has 2 aromatic rings. The highest BCUT2D eigenvalue weighted by Crippen LogP contribution is 2.31. The fourth-order valence-electron chi connectivity index (χ4n) is 2.80. The zero-order valence-corrected chi connectivity index (χ0v) is 10.5. The van der Waals surface area contributed by atoms with E-state index in [1.807, 2.05) is 18.2 Å². The van der Waals surface area contributed by atoms with Crippen LogP contribution in [0.4, 0.5) is 5.95 Å². The van der Waals surface area contributed by atoms with Crippen LogP contribution in [-0.4, -0.2) is 9.55 Å². The highest BCUT2D eigenvalue weighted by Gasteiger charge is 2.19. The zero-order valence-electron chi connectivity index (χ0n) is 9.69.